The number of carbonyl (C=O) groups is 2. The Kier molecular flexibility index (Phi) is 6.83. The second-order valence-corrected chi connectivity index (χ2v) is 8.89. The number of allylic oxidation sites excluding steroid dienone is 1. The van der Waals surface area contributed by atoms with Crippen LogP contribution >= 0.6 is 11.3 Å². The summed E-state index contributed by atoms with van der Waals surface area (Å²) in [5.74, 6) is 0.595. The quantitative estimate of drug-likeness (QED) is 0.761. The van der Waals surface area contributed by atoms with Gasteiger partial charge in [-0.1, -0.05) is 12.5 Å². The van der Waals surface area contributed by atoms with Crippen molar-refractivity contribution < 1.29 is 9.59 Å². The number of carbonyl (C=O) groups excluding carboxylic acids is 2. The molecule has 3 rings (SSSR count). The van der Waals surface area contributed by atoms with E-state index in [1.807, 2.05) is 25.3 Å². The van der Waals surface area contributed by atoms with Crippen molar-refractivity contribution in [2.45, 2.75) is 52.9 Å². The van der Waals surface area contributed by atoms with Crippen LogP contribution in [0.1, 0.15) is 66.8 Å². The third-order valence-corrected chi connectivity index (χ3v) is 7.31. The van der Waals surface area contributed by atoms with E-state index in [0.717, 1.165) is 41.9 Å². The molecule has 0 aromatic carbocycles. The number of thiophene rings is 1. The van der Waals surface area contributed by atoms with Crippen molar-refractivity contribution in [2.75, 3.05) is 19.6 Å². The van der Waals surface area contributed by atoms with Gasteiger partial charge in [0.15, 0.2) is 0 Å². The van der Waals surface area contributed by atoms with Gasteiger partial charge in [-0.3, -0.25) is 9.59 Å². The van der Waals surface area contributed by atoms with Crippen LogP contribution < -0.4 is 10.6 Å². The topological polar surface area (TPSA) is 70.6 Å². The Labute approximate surface area is 171 Å². The number of aliphatic imine (C=N–C) groups is 1. The number of hydrogen-bond acceptors (Lipinski definition) is 4. The Hall–Kier alpha value is -1.79. The summed E-state index contributed by atoms with van der Waals surface area (Å²) in [7, 11) is 0. The van der Waals surface area contributed by atoms with Gasteiger partial charge in [0.1, 0.15) is 0 Å². The maximum atomic E-state index is 12.8. The summed E-state index contributed by atoms with van der Waals surface area (Å²) in [5.41, 5.74) is 3.53. The molecule has 2 unspecified atom stereocenters. The molecule has 1 aromatic heterocycles. The molecule has 2 atom stereocenters. The van der Waals surface area contributed by atoms with Gasteiger partial charge in [-0.2, -0.15) is 0 Å². The van der Waals surface area contributed by atoms with Gasteiger partial charge in [-0.15, -0.1) is 11.3 Å². The van der Waals surface area contributed by atoms with E-state index in [1.54, 1.807) is 11.3 Å². The molecular weight excluding hydrogens is 370 g/mol. The second kappa shape index (κ2) is 9.14. The first-order valence-corrected chi connectivity index (χ1v) is 11.1. The van der Waals surface area contributed by atoms with Crippen LogP contribution in [-0.2, 0) is 4.79 Å². The van der Waals surface area contributed by atoms with E-state index < -0.39 is 0 Å². The van der Waals surface area contributed by atoms with Crippen molar-refractivity contribution in [2.24, 2.45) is 16.8 Å². The molecule has 1 fully saturated rings. The van der Waals surface area contributed by atoms with E-state index in [0.29, 0.717) is 18.4 Å². The van der Waals surface area contributed by atoms with E-state index in [2.05, 4.69) is 29.5 Å². The SMILES string of the molecule is CCC(c1scc(C(=O)NCC2C(=O)N=C(C)C=C2C)c1C)C1CCNCC1. The van der Waals surface area contributed by atoms with E-state index in [4.69, 9.17) is 0 Å². The highest BCUT2D eigenvalue weighted by molar-refractivity contribution is 7.10. The number of dihydropyridines is 1. The lowest BCUT2D eigenvalue weighted by molar-refractivity contribution is -0.120. The van der Waals surface area contributed by atoms with Crippen molar-refractivity contribution in [1.82, 2.24) is 10.6 Å². The predicted molar refractivity (Wildman–Crippen MR) is 115 cm³/mol. The van der Waals surface area contributed by atoms with E-state index in [9.17, 15) is 9.59 Å². The van der Waals surface area contributed by atoms with Crippen molar-refractivity contribution in [3.63, 3.8) is 0 Å². The summed E-state index contributed by atoms with van der Waals surface area (Å²) >= 11 is 1.71. The number of nitrogens with zero attached hydrogens (tertiary/aromatic N) is 1. The van der Waals surface area contributed by atoms with Crippen molar-refractivity contribution in [1.29, 1.82) is 0 Å². The summed E-state index contributed by atoms with van der Waals surface area (Å²) < 4.78 is 0. The minimum Gasteiger partial charge on any atom is -0.351 e. The summed E-state index contributed by atoms with van der Waals surface area (Å²) in [6.07, 6.45) is 5.42. The molecule has 0 bridgehead atoms. The Morgan fingerprint density at radius 1 is 1.32 bits per heavy atom. The smallest absolute Gasteiger partial charge is 0.254 e. The average molecular weight is 402 g/mol. The first-order chi connectivity index (χ1) is 13.4. The highest BCUT2D eigenvalue weighted by Crippen LogP contribution is 2.39. The molecule has 0 aliphatic carbocycles. The zero-order valence-electron chi connectivity index (χ0n) is 17.3. The molecule has 0 saturated carbocycles. The summed E-state index contributed by atoms with van der Waals surface area (Å²) in [4.78, 5) is 30.3. The van der Waals surface area contributed by atoms with Gasteiger partial charge in [-0.25, -0.2) is 4.99 Å². The largest absolute Gasteiger partial charge is 0.351 e. The van der Waals surface area contributed by atoms with Crippen LogP contribution in [-0.4, -0.2) is 37.2 Å². The van der Waals surface area contributed by atoms with Crippen molar-refractivity contribution in [3.8, 4) is 0 Å². The summed E-state index contributed by atoms with van der Waals surface area (Å²) in [5, 5.41) is 8.38. The lowest BCUT2D eigenvalue weighted by Gasteiger charge is -2.30. The first-order valence-electron chi connectivity index (χ1n) is 10.3. The number of rotatable bonds is 6. The summed E-state index contributed by atoms with van der Waals surface area (Å²) in [6.45, 7) is 10.5. The maximum absolute atomic E-state index is 12.8. The van der Waals surface area contributed by atoms with Gasteiger partial charge in [0.25, 0.3) is 11.8 Å². The molecule has 3 heterocycles. The fraction of sp³-hybridized carbons (Fsp3) is 0.591. The molecule has 2 aliphatic rings. The zero-order valence-corrected chi connectivity index (χ0v) is 18.1. The maximum Gasteiger partial charge on any atom is 0.254 e. The zero-order chi connectivity index (χ0) is 20.3. The van der Waals surface area contributed by atoms with Crippen LogP contribution in [0, 0.1) is 18.8 Å². The third-order valence-electron chi connectivity index (χ3n) is 6.09. The Balaban J connectivity index is 1.68. The normalized spacial score (nSPS) is 21.9. The minimum absolute atomic E-state index is 0.0907. The van der Waals surface area contributed by atoms with Gasteiger partial charge in [0.2, 0.25) is 0 Å². The van der Waals surface area contributed by atoms with Gasteiger partial charge in [-0.05, 0) is 76.6 Å². The average Bonchev–Trinajstić information content (AvgIpc) is 3.04. The van der Waals surface area contributed by atoms with Crippen molar-refractivity contribution >= 4 is 28.9 Å². The fourth-order valence-corrected chi connectivity index (χ4v) is 5.80. The Bertz CT molecular complexity index is 803. The molecule has 0 radical (unpaired) electrons. The monoisotopic (exact) mass is 401 g/mol. The predicted octanol–water partition coefficient (Wildman–Crippen LogP) is 3.84. The van der Waals surface area contributed by atoms with Crippen LogP contribution in [0.4, 0.5) is 0 Å². The van der Waals surface area contributed by atoms with Crippen LogP contribution in [0.3, 0.4) is 0 Å². The van der Waals surface area contributed by atoms with Gasteiger partial charge in [0.05, 0.1) is 11.5 Å². The minimum atomic E-state index is -0.357. The molecule has 2 aliphatic heterocycles. The molecule has 1 aromatic rings. The van der Waals surface area contributed by atoms with Crippen LogP contribution in [0.5, 0.6) is 0 Å². The second-order valence-electron chi connectivity index (χ2n) is 7.98. The first kappa shape index (κ1) is 20.9. The van der Waals surface area contributed by atoms with Crippen LogP contribution in [0.2, 0.25) is 0 Å². The molecular formula is C22H31N3O2S. The molecule has 152 valence electrons. The third kappa shape index (κ3) is 4.44. The highest BCUT2D eigenvalue weighted by atomic mass is 32.1. The van der Waals surface area contributed by atoms with Gasteiger partial charge in [0, 0.05) is 22.5 Å². The van der Waals surface area contributed by atoms with Crippen LogP contribution in [0.25, 0.3) is 0 Å². The highest BCUT2D eigenvalue weighted by Gasteiger charge is 2.29. The lowest BCUT2D eigenvalue weighted by atomic mass is 9.81. The number of hydrogen-bond donors (Lipinski definition) is 2. The molecule has 28 heavy (non-hydrogen) atoms. The fourth-order valence-electron chi connectivity index (χ4n) is 4.45. The van der Waals surface area contributed by atoms with E-state index in [1.165, 1.54) is 17.7 Å². The van der Waals surface area contributed by atoms with Crippen molar-refractivity contribution in [3.05, 3.63) is 33.0 Å². The van der Waals surface area contributed by atoms with Gasteiger partial charge >= 0.3 is 0 Å². The molecule has 5 nitrogen and oxygen atoms in total. The van der Waals surface area contributed by atoms with Crippen LogP contribution in [0.15, 0.2) is 22.0 Å². The van der Waals surface area contributed by atoms with Gasteiger partial charge < -0.3 is 10.6 Å². The van der Waals surface area contributed by atoms with E-state index in [-0.39, 0.29) is 17.7 Å². The van der Waals surface area contributed by atoms with E-state index >= 15 is 0 Å². The molecule has 1 saturated heterocycles. The Morgan fingerprint density at radius 3 is 2.68 bits per heavy atom. The molecule has 0 spiro atoms. The summed E-state index contributed by atoms with van der Waals surface area (Å²) in [6, 6.07) is 0. The number of piperidine rings is 1. The number of amides is 2. The lowest BCUT2D eigenvalue weighted by Crippen LogP contribution is -2.34. The number of nitrogens with one attached hydrogen (secondary N) is 2. The molecule has 6 heteroatoms. The Morgan fingerprint density at radius 2 is 2.04 bits per heavy atom. The molecule has 2 N–H and O–H groups in total. The molecule has 2 amide bonds. The standard InChI is InChI=1S/C22H31N3O2S/c1-5-17(16-6-8-23-9-7-16)20-15(4)19(12-28-20)21(26)24-11-18-13(2)10-14(3)25-22(18)27/h10,12,16-18,23H,5-9,11H2,1-4H3,(H,24,26).